The number of H-pyrrole nitrogens is 2. The lowest BCUT2D eigenvalue weighted by Crippen LogP contribution is -2.28. The molecule has 0 unspecified atom stereocenters. The van der Waals surface area contributed by atoms with Crippen molar-refractivity contribution in [3.8, 4) is 0 Å². The largest absolute Gasteiger partial charge is 0.512 e. The van der Waals surface area contributed by atoms with Crippen molar-refractivity contribution in [2.75, 3.05) is 0 Å². The van der Waals surface area contributed by atoms with Crippen molar-refractivity contribution in [1.29, 1.82) is 0 Å². The molecule has 2 aromatic carbocycles. The average Bonchev–Trinajstić information content (AvgIpc) is 3.71. The number of hydrogen-bond acceptors (Lipinski definition) is 4. The third-order valence-corrected chi connectivity index (χ3v) is 10.0. The number of carbonyl (C=O) groups is 2. The van der Waals surface area contributed by atoms with Gasteiger partial charge in [-0.25, -0.2) is 0 Å². The Labute approximate surface area is 264 Å². The Morgan fingerprint density at radius 2 is 1.47 bits per heavy atom. The molecule has 5 aromatic rings. The van der Waals surface area contributed by atoms with Crippen LogP contribution >= 0.6 is 0 Å². The van der Waals surface area contributed by atoms with Gasteiger partial charge in [-0.1, -0.05) is 89.8 Å². The minimum atomic E-state index is -0.156. The number of ketones is 2. The van der Waals surface area contributed by atoms with E-state index in [0.29, 0.717) is 24.8 Å². The van der Waals surface area contributed by atoms with Gasteiger partial charge in [0.25, 0.3) is 0 Å². The summed E-state index contributed by atoms with van der Waals surface area (Å²) in [4.78, 5) is 37.2. The summed E-state index contributed by atoms with van der Waals surface area (Å²) in [6.45, 7) is 8.39. The van der Waals surface area contributed by atoms with Gasteiger partial charge in [-0.15, -0.1) is 0 Å². The molecular formula is C39H43N3O3. The molecule has 1 fully saturated rings. The Morgan fingerprint density at radius 3 is 2.20 bits per heavy atom. The molecule has 6 nitrogen and oxygen atoms in total. The second-order valence-corrected chi connectivity index (χ2v) is 15.1. The van der Waals surface area contributed by atoms with Crippen molar-refractivity contribution in [3.63, 3.8) is 0 Å². The van der Waals surface area contributed by atoms with E-state index in [1.54, 1.807) is 0 Å². The molecule has 0 saturated heterocycles. The van der Waals surface area contributed by atoms with E-state index in [4.69, 9.17) is 4.98 Å². The number of nitrogens with one attached hydrogen (secondary N) is 2. The molecule has 8 rings (SSSR count). The lowest BCUT2D eigenvalue weighted by molar-refractivity contribution is -0.116. The van der Waals surface area contributed by atoms with Gasteiger partial charge in [0.05, 0.1) is 22.5 Å². The monoisotopic (exact) mass is 601 g/mol. The van der Waals surface area contributed by atoms with E-state index in [-0.39, 0.29) is 28.2 Å². The van der Waals surface area contributed by atoms with Crippen LogP contribution in [0.5, 0.6) is 0 Å². The van der Waals surface area contributed by atoms with Crippen LogP contribution < -0.4 is 0 Å². The fourth-order valence-corrected chi connectivity index (χ4v) is 8.01. The van der Waals surface area contributed by atoms with E-state index >= 15 is 0 Å². The zero-order valence-electron chi connectivity index (χ0n) is 26.8. The van der Waals surface area contributed by atoms with Crippen LogP contribution in [-0.2, 0) is 17.6 Å². The van der Waals surface area contributed by atoms with Crippen LogP contribution in [0.15, 0.2) is 60.5 Å². The number of pyridine rings is 1. The number of aromatic amines is 2. The third kappa shape index (κ3) is 5.49. The maximum atomic E-state index is 13.1. The normalized spacial score (nSPS) is 19.7. The first kappa shape index (κ1) is 29.5. The molecule has 1 saturated carbocycles. The van der Waals surface area contributed by atoms with Crippen molar-refractivity contribution in [2.45, 2.75) is 85.5 Å². The summed E-state index contributed by atoms with van der Waals surface area (Å²) in [6.07, 6.45) is 10.7. The molecule has 3 heterocycles. The van der Waals surface area contributed by atoms with Crippen LogP contribution in [-0.4, -0.2) is 31.6 Å². The zero-order chi connectivity index (χ0) is 31.5. The number of aromatic nitrogens is 3. The number of rotatable bonds is 3. The first-order valence-electron chi connectivity index (χ1n) is 16.5. The van der Waals surface area contributed by atoms with E-state index in [9.17, 15) is 14.7 Å². The topological polar surface area (TPSA) is 98.8 Å². The number of aliphatic hydroxyl groups excluding tert-OH is 1. The molecule has 45 heavy (non-hydrogen) atoms. The molecule has 6 heteroatoms. The highest BCUT2D eigenvalue weighted by atomic mass is 16.3. The van der Waals surface area contributed by atoms with Gasteiger partial charge in [0.15, 0.2) is 11.6 Å². The Morgan fingerprint density at radius 1 is 0.822 bits per heavy atom. The van der Waals surface area contributed by atoms with Crippen molar-refractivity contribution in [3.05, 3.63) is 83.0 Å². The highest BCUT2D eigenvalue weighted by molar-refractivity contribution is 6.25. The first-order valence-corrected chi connectivity index (χ1v) is 16.5. The highest BCUT2D eigenvalue weighted by Crippen LogP contribution is 2.42. The number of benzene rings is 2. The highest BCUT2D eigenvalue weighted by Gasteiger charge is 2.36. The van der Waals surface area contributed by atoms with E-state index in [0.717, 1.165) is 62.9 Å². The smallest absolute Gasteiger partial charge is 0.167 e. The van der Waals surface area contributed by atoms with Gasteiger partial charge in [-0.3, -0.25) is 14.6 Å². The van der Waals surface area contributed by atoms with Gasteiger partial charge in [0.1, 0.15) is 5.76 Å². The van der Waals surface area contributed by atoms with Crippen molar-refractivity contribution < 1.29 is 14.7 Å². The quantitative estimate of drug-likeness (QED) is 0.192. The summed E-state index contributed by atoms with van der Waals surface area (Å²) in [5, 5.41) is 13.5. The zero-order valence-corrected chi connectivity index (χ0v) is 26.8. The van der Waals surface area contributed by atoms with Crippen LogP contribution in [0, 0.1) is 16.7 Å². The van der Waals surface area contributed by atoms with Gasteiger partial charge < -0.3 is 15.1 Å². The molecular weight excluding hydrogens is 558 g/mol. The Hall–Kier alpha value is -4.19. The van der Waals surface area contributed by atoms with Gasteiger partial charge >= 0.3 is 0 Å². The van der Waals surface area contributed by atoms with Crippen LogP contribution in [0.3, 0.4) is 0 Å². The third-order valence-electron chi connectivity index (χ3n) is 10.0. The van der Waals surface area contributed by atoms with E-state index in [1.165, 1.54) is 36.8 Å². The summed E-state index contributed by atoms with van der Waals surface area (Å²) in [6, 6.07) is 16.2. The molecule has 0 radical (unpaired) electrons. The number of fused-ring (bicyclic) bond motifs is 6. The fourth-order valence-electron chi connectivity index (χ4n) is 8.01. The molecule has 0 bridgehead atoms. The molecule has 0 atom stereocenters. The molecule has 0 spiro atoms. The minimum Gasteiger partial charge on any atom is -0.512 e. The fraction of sp³-hybridized carbons (Fsp3) is 0.410. The minimum absolute atomic E-state index is 0.00149. The standard InChI is InChI=1S/C23H26N2O.C16H17NO2/c1-23(2)12-18-21(19(26)13-23)20-15-9-5-6-10-16(15)25-22(20)17(24-18)11-14-7-3-4-8-14;1-16(2)7-13(18)15(14(19)8-16)11-9-17-12-6-4-3-5-10(11)12/h5-6,9-10,14,25H,3-4,7-8,11-13H2,1-2H3;3-6,9,17-18H,7-8H2,1-2H3. The summed E-state index contributed by atoms with van der Waals surface area (Å²) in [7, 11) is 0. The van der Waals surface area contributed by atoms with Gasteiger partial charge in [0, 0.05) is 63.8 Å². The molecule has 0 amide bonds. The summed E-state index contributed by atoms with van der Waals surface area (Å²) in [5.74, 6) is 1.23. The summed E-state index contributed by atoms with van der Waals surface area (Å²) < 4.78 is 0. The predicted molar refractivity (Wildman–Crippen MR) is 182 cm³/mol. The molecule has 3 N–H and O–H groups in total. The Kier molecular flexibility index (Phi) is 7.22. The lowest BCUT2D eigenvalue weighted by Gasteiger charge is -2.30. The average molecular weight is 602 g/mol. The summed E-state index contributed by atoms with van der Waals surface area (Å²) >= 11 is 0. The number of hydrogen-bond donors (Lipinski definition) is 3. The van der Waals surface area contributed by atoms with Crippen LogP contribution in [0.2, 0.25) is 0 Å². The first-order chi connectivity index (χ1) is 21.5. The number of aliphatic hydroxyl groups is 1. The van der Waals surface area contributed by atoms with Crippen molar-refractivity contribution in [1.82, 2.24) is 15.0 Å². The predicted octanol–water partition coefficient (Wildman–Crippen LogP) is 9.43. The van der Waals surface area contributed by atoms with Gasteiger partial charge in [-0.2, -0.15) is 0 Å². The van der Waals surface area contributed by atoms with Gasteiger partial charge in [0.2, 0.25) is 0 Å². The van der Waals surface area contributed by atoms with E-state index in [2.05, 4.69) is 48.1 Å². The van der Waals surface area contributed by atoms with Gasteiger partial charge in [-0.05, 0) is 41.7 Å². The van der Waals surface area contributed by atoms with E-state index in [1.807, 2.05) is 44.3 Å². The molecule has 3 aliphatic carbocycles. The number of carbonyl (C=O) groups excluding carboxylic acids is 2. The maximum absolute atomic E-state index is 13.1. The number of nitrogens with zero attached hydrogens (tertiary/aromatic N) is 1. The number of Topliss-reactive ketones (excluding diaryl/α,β-unsaturated/α-hetero) is 2. The van der Waals surface area contributed by atoms with Crippen molar-refractivity contribution >= 4 is 49.8 Å². The molecule has 232 valence electrons. The number of allylic oxidation sites excluding steroid dienone is 2. The van der Waals surface area contributed by atoms with E-state index < -0.39 is 0 Å². The van der Waals surface area contributed by atoms with Crippen molar-refractivity contribution in [2.24, 2.45) is 16.7 Å². The molecule has 3 aliphatic rings. The second kappa shape index (κ2) is 11.0. The Balaban J connectivity index is 0.000000152. The number of para-hydroxylation sites is 2. The molecule has 3 aromatic heterocycles. The Bertz CT molecular complexity index is 2000. The molecule has 0 aliphatic heterocycles. The lowest BCUT2D eigenvalue weighted by atomic mass is 9.74. The SMILES string of the molecule is CC1(C)CC(=O)C(c2c[nH]c3ccccc23)=C(O)C1.CC1(C)CC(=O)c2c(nc(CC3CCCC3)c3[nH]c4ccccc4c23)C1. The summed E-state index contributed by atoms with van der Waals surface area (Å²) in [5.41, 5.74) is 7.42. The van der Waals surface area contributed by atoms with Crippen LogP contribution in [0.4, 0.5) is 0 Å². The van der Waals surface area contributed by atoms with Crippen LogP contribution in [0.25, 0.3) is 38.3 Å². The van der Waals surface area contributed by atoms with Crippen LogP contribution in [0.1, 0.15) is 99.9 Å². The second-order valence-electron chi connectivity index (χ2n) is 15.1. The maximum Gasteiger partial charge on any atom is 0.167 e.